The normalized spacial score (nSPS) is 29.3. The number of para-hydroxylation sites is 1. The van der Waals surface area contributed by atoms with Crippen LogP contribution in [0.5, 0.6) is 5.75 Å². The highest BCUT2D eigenvalue weighted by molar-refractivity contribution is 5.85. The summed E-state index contributed by atoms with van der Waals surface area (Å²) >= 11 is 0. The van der Waals surface area contributed by atoms with E-state index in [2.05, 4.69) is 30.4 Å². The maximum atomic E-state index is 13.1. The number of Topliss-reactive ketones (excluding diaryl/α,β-unsaturated/α-hetero) is 1. The molecule has 1 saturated carbocycles. The van der Waals surface area contributed by atoms with Crippen LogP contribution in [0.4, 0.5) is 0 Å². The topological polar surface area (TPSA) is 37.3 Å². The van der Waals surface area contributed by atoms with E-state index in [0.717, 1.165) is 37.7 Å². The average molecular weight is 320 g/mol. The van der Waals surface area contributed by atoms with Gasteiger partial charge in [-0.05, 0) is 55.6 Å². The van der Waals surface area contributed by atoms with E-state index < -0.39 is 0 Å². The molecule has 0 radical (unpaired) electrons. The maximum absolute atomic E-state index is 13.1. The second kappa shape index (κ2) is 6.43. The molecule has 3 unspecified atom stereocenters. The molecule has 0 aromatic heterocycles. The predicted octanol–water partition coefficient (Wildman–Crippen LogP) is 4.92. The molecule has 24 heavy (non-hydrogen) atoms. The van der Waals surface area contributed by atoms with E-state index >= 15 is 0 Å². The molecule has 0 saturated heterocycles. The lowest BCUT2D eigenvalue weighted by Gasteiger charge is -2.22. The number of benzene rings is 1. The number of carbonyl (C=O) groups excluding carboxylic acids is 1. The van der Waals surface area contributed by atoms with E-state index in [4.69, 9.17) is 0 Å². The van der Waals surface area contributed by atoms with Crippen LogP contribution in [-0.2, 0) is 4.79 Å². The van der Waals surface area contributed by atoms with Gasteiger partial charge in [0.1, 0.15) is 11.5 Å². The van der Waals surface area contributed by atoms with E-state index in [-0.39, 0.29) is 17.8 Å². The molecule has 1 aromatic rings. The second-order valence-corrected chi connectivity index (χ2v) is 7.36. The molecular formula is C22H24O2. The van der Waals surface area contributed by atoms with E-state index in [1.54, 1.807) is 6.07 Å². The van der Waals surface area contributed by atoms with Crippen LogP contribution in [-0.4, -0.2) is 10.9 Å². The fraction of sp³-hybridized carbons (Fsp3) is 0.409. The lowest BCUT2D eigenvalue weighted by molar-refractivity contribution is -0.127. The van der Waals surface area contributed by atoms with Gasteiger partial charge in [-0.1, -0.05) is 54.2 Å². The quantitative estimate of drug-likeness (QED) is 0.799. The molecule has 3 aliphatic carbocycles. The van der Waals surface area contributed by atoms with Gasteiger partial charge in [-0.15, -0.1) is 0 Å². The Morgan fingerprint density at radius 2 is 1.83 bits per heavy atom. The largest absolute Gasteiger partial charge is 0.508 e. The first-order chi connectivity index (χ1) is 11.7. The number of hydrogen-bond acceptors (Lipinski definition) is 2. The number of hydrogen-bond donors (Lipinski definition) is 1. The minimum Gasteiger partial charge on any atom is -0.508 e. The second-order valence-electron chi connectivity index (χ2n) is 7.36. The lowest BCUT2D eigenvalue weighted by atomic mass is 9.80. The number of phenolic OH excluding ortho intramolecular Hbond substituents is 1. The minimum absolute atomic E-state index is 0.102. The highest BCUT2D eigenvalue weighted by atomic mass is 16.3. The van der Waals surface area contributed by atoms with Gasteiger partial charge in [-0.2, -0.15) is 0 Å². The maximum Gasteiger partial charge on any atom is 0.140 e. The molecule has 0 amide bonds. The van der Waals surface area contributed by atoms with Gasteiger partial charge in [0.2, 0.25) is 0 Å². The van der Waals surface area contributed by atoms with Crippen LogP contribution in [0.25, 0.3) is 0 Å². The van der Waals surface area contributed by atoms with Crippen molar-refractivity contribution in [2.45, 2.75) is 38.0 Å². The molecule has 124 valence electrons. The van der Waals surface area contributed by atoms with Crippen molar-refractivity contribution in [3.05, 3.63) is 65.8 Å². The fourth-order valence-electron chi connectivity index (χ4n) is 4.74. The Balaban J connectivity index is 1.60. The van der Waals surface area contributed by atoms with Crippen molar-refractivity contribution in [1.82, 2.24) is 0 Å². The number of allylic oxidation sites excluding steroid dienone is 6. The Bertz CT molecular complexity index is 717. The smallest absolute Gasteiger partial charge is 0.140 e. The van der Waals surface area contributed by atoms with Crippen molar-refractivity contribution in [1.29, 1.82) is 0 Å². The van der Waals surface area contributed by atoms with Gasteiger partial charge in [0.25, 0.3) is 0 Å². The van der Waals surface area contributed by atoms with Crippen molar-refractivity contribution in [2.24, 2.45) is 17.8 Å². The van der Waals surface area contributed by atoms with Crippen molar-refractivity contribution < 1.29 is 9.90 Å². The summed E-state index contributed by atoms with van der Waals surface area (Å²) in [6.45, 7) is 0. The number of rotatable bonds is 4. The standard InChI is InChI=1S/C22H24O2/c23-21-12-6-5-11-18(21)17-13-19(15-7-1-2-8-15)20(14-17)22(24)16-9-3-4-10-16/h1-7,11-12,16-17,19-20,23H,8-10,13-14H2. The zero-order chi connectivity index (χ0) is 16.5. The fourth-order valence-corrected chi connectivity index (χ4v) is 4.74. The van der Waals surface area contributed by atoms with Crippen LogP contribution in [0.15, 0.2) is 60.2 Å². The molecule has 0 spiro atoms. The molecule has 2 heteroatoms. The van der Waals surface area contributed by atoms with Gasteiger partial charge in [0, 0.05) is 11.8 Å². The highest BCUT2D eigenvalue weighted by Crippen LogP contribution is 2.50. The first kappa shape index (κ1) is 15.4. The van der Waals surface area contributed by atoms with E-state index in [9.17, 15) is 9.90 Å². The van der Waals surface area contributed by atoms with Gasteiger partial charge in [0.05, 0.1) is 0 Å². The minimum atomic E-state index is 0.102. The Hall–Kier alpha value is -2.09. The third-order valence-electron chi connectivity index (χ3n) is 5.99. The first-order valence-electron chi connectivity index (χ1n) is 9.06. The first-order valence-corrected chi connectivity index (χ1v) is 9.06. The van der Waals surface area contributed by atoms with Crippen molar-refractivity contribution in [3.63, 3.8) is 0 Å². The molecule has 2 nitrogen and oxygen atoms in total. The van der Waals surface area contributed by atoms with Crippen LogP contribution in [0.2, 0.25) is 0 Å². The van der Waals surface area contributed by atoms with Crippen LogP contribution in [0.3, 0.4) is 0 Å². The van der Waals surface area contributed by atoms with Gasteiger partial charge < -0.3 is 5.11 Å². The van der Waals surface area contributed by atoms with E-state index in [1.165, 1.54) is 5.57 Å². The summed E-state index contributed by atoms with van der Waals surface area (Å²) in [4.78, 5) is 13.1. The summed E-state index contributed by atoms with van der Waals surface area (Å²) in [7, 11) is 0. The monoisotopic (exact) mass is 320 g/mol. The molecule has 0 heterocycles. The Morgan fingerprint density at radius 3 is 2.54 bits per heavy atom. The van der Waals surface area contributed by atoms with E-state index in [1.807, 2.05) is 18.2 Å². The molecule has 1 fully saturated rings. The van der Waals surface area contributed by atoms with Crippen LogP contribution in [0, 0.1) is 17.8 Å². The zero-order valence-electron chi connectivity index (χ0n) is 13.9. The predicted molar refractivity (Wildman–Crippen MR) is 95.8 cm³/mol. The van der Waals surface area contributed by atoms with Crippen molar-refractivity contribution in [2.75, 3.05) is 0 Å². The SMILES string of the molecule is O=C(C1CC=CC1)C1CC(c2ccccc2O)CC1C1=CC=CC1. The Morgan fingerprint density at radius 1 is 1.04 bits per heavy atom. The molecule has 3 atom stereocenters. The average Bonchev–Trinajstić information content (AvgIpc) is 3.34. The lowest BCUT2D eigenvalue weighted by Crippen LogP contribution is -2.26. The summed E-state index contributed by atoms with van der Waals surface area (Å²) in [5.74, 6) is 1.70. The molecule has 3 aliphatic rings. The summed E-state index contributed by atoms with van der Waals surface area (Å²) in [5, 5.41) is 10.2. The molecule has 0 bridgehead atoms. The molecule has 1 aromatic carbocycles. The molecular weight excluding hydrogens is 296 g/mol. The van der Waals surface area contributed by atoms with Gasteiger partial charge in [0.15, 0.2) is 0 Å². The van der Waals surface area contributed by atoms with E-state index in [0.29, 0.717) is 17.5 Å². The van der Waals surface area contributed by atoms with Gasteiger partial charge in [-0.25, -0.2) is 0 Å². The number of phenols is 1. The Labute approximate surface area is 143 Å². The van der Waals surface area contributed by atoms with Crippen LogP contribution < -0.4 is 0 Å². The summed E-state index contributed by atoms with van der Waals surface area (Å²) in [6, 6.07) is 7.62. The van der Waals surface area contributed by atoms with Gasteiger partial charge in [-0.3, -0.25) is 4.79 Å². The van der Waals surface area contributed by atoms with Gasteiger partial charge >= 0.3 is 0 Å². The number of carbonyl (C=O) groups is 1. The summed E-state index contributed by atoms with van der Waals surface area (Å²) in [6.07, 6.45) is 15.4. The zero-order valence-corrected chi connectivity index (χ0v) is 13.9. The third kappa shape index (κ3) is 2.75. The molecule has 0 aliphatic heterocycles. The number of aromatic hydroxyl groups is 1. The highest BCUT2D eigenvalue weighted by Gasteiger charge is 2.43. The Kier molecular flexibility index (Phi) is 4.13. The molecule has 1 N–H and O–H groups in total. The van der Waals surface area contributed by atoms with Crippen LogP contribution in [0.1, 0.15) is 43.6 Å². The third-order valence-corrected chi connectivity index (χ3v) is 5.99. The van der Waals surface area contributed by atoms with Crippen molar-refractivity contribution in [3.8, 4) is 5.75 Å². The van der Waals surface area contributed by atoms with Crippen LogP contribution >= 0.6 is 0 Å². The summed E-state index contributed by atoms with van der Waals surface area (Å²) in [5.41, 5.74) is 2.41. The molecule has 4 rings (SSSR count). The summed E-state index contributed by atoms with van der Waals surface area (Å²) < 4.78 is 0. The van der Waals surface area contributed by atoms with Crippen molar-refractivity contribution >= 4 is 5.78 Å². The number of ketones is 1.